The molecule has 1 aromatic heterocycles. The minimum atomic E-state index is -0.582. The summed E-state index contributed by atoms with van der Waals surface area (Å²) in [5.41, 5.74) is 13.1. The smallest absolute Gasteiger partial charge is 0.350 e. The maximum absolute atomic E-state index is 12.7. The molecule has 0 spiro atoms. The van der Waals surface area contributed by atoms with Gasteiger partial charge in [0.15, 0.2) is 0 Å². The predicted molar refractivity (Wildman–Crippen MR) is 116 cm³/mol. The average molecular weight is 415 g/mol. The van der Waals surface area contributed by atoms with Crippen LogP contribution in [0.4, 0.5) is 10.5 Å². The lowest BCUT2D eigenvalue weighted by Crippen LogP contribution is -2.46. The van der Waals surface area contributed by atoms with Gasteiger partial charge in [0.1, 0.15) is 0 Å². The Morgan fingerprint density at radius 2 is 1.97 bits per heavy atom. The van der Waals surface area contributed by atoms with Crippen molar-refractivity contribution in [1.29, 1.82) is 0 Å². The number of hydrogen-bond acceptors (Lipinski definition) is 6. The third-order valence-electron chi connectivity index (χ3n) is 6.49. The molecule has 1 saturated carbocycles. The highest BCUT2D eigenvalue weighted by molar-refractivity contribution is 5.87. The van der Waals surface area contributed by atoms with Gasteiger partial charge in [0.25, 0.3) is 5.56 Å². The largest absolute Gasteiger partial charge is 0.371 e. The third kappa shape index (κ3) is 3.30. The van der Waals surface area contributed by atoms with Crippen molar-refractivity contribution in [2.45, 2.75) is 38.8 Å². The molecule has 0 bridgehead atoms. The van der Waals surface area contributed by atoms with Gasteiger partial charge in [0, 0.05) is 37.4 Å². The highest BCUT2D eigenvalue weighted by Crippen LogP contribution is 2.38. The first kappa shape index (κ1) is 20.3. The van der Waals surface area contributed by atoms with Gasteiger partial charge < -0.3 is 27.5 Å². The molecule has 7 N–H and O–H groups in total. The molecule has 1 saturated heterocycles. The summed E-state index contributed by atoms with van der Waals surface area (Å²) in [5.74, 6) is 6.24. The average Bonchev–Trinajstić information content (AvgIpc) is 3.46. The second kappa shape index (κ2) is 7.35. The molecule has 2 fully saturated rings. The van der Waals surface area contributed by atoms with Crippen LogP contribution in [-0.4, -0.2) is 41.0 Å². The van der Waals surface area contributed by atoms with E-state index in [2.05, 4.69) is 17.1 Å². The van der Waals surface area contributed by atoms with Crippen LogP contribution in [-0.2, 0) is 0 Å². The Labute approximate surface area is 173 Å². The number of aromatic nitrogens is 2. The van der Waals surface area contributed by atoms with Gasteiger partial charge in [-0.2, -0.15) is 4.68 Å². The van der Waals surface area contributed by atoms with Crippen molar-refractivity contribution in [2.24, 2.45) is 23.3 Å². The highest BCUT2D eigenvalue weighted by atomic mass is 16.2. The standard InChI is InChI=1S/C20H29N7O3/c1-10-8-25(9-14(10)15(21)7-24-19(22)29)16-6-5-13-17(11(16)2)26(12-3-4-12)20(30)27(23)18(13)28/h5-6,10,12,14-15H,3-4,7-9,21,23H2,1-2H3,(H3,22,24,29)/t10-,14-,15-/m0/s1. The van der Waals surface area contributed by atoms with E-state index in [-0.39, 0.29) is 18.0 Å². The minimum Gasteiger partial charge on any atom is -0.371 e. The molecular weight excluding hydrogens is 386 g/mol. The first-order valence-corrected chi connectivity index (χ1v) is 10.3. The predicted octanol–water partition coefficient (Wildman–Crippen LogP) is -0.412. The van der Waals surface area contributed by atoms with Crippen molar-refractivity contribution in [3.63, 3.8) is 0 Å². The number of hydrogen-bond donors (Lipinski definition) is 4. The maximum atomic E-state index is 12.7. The van der Waals surface area contributed by atoms with Crippen LogP contribution in [0.1, 0.15) is 31.4 Å². The number of nitrogen functional groups attached to an aromatic ring is 1. The topological polar surface area (TPSA) is 154 Å². The summed E-state index contributed by atoms with van der Waals surface area (Å²) in [7, 11) is 0. The highest BCUT2D eigenvalue weighted by Gasteiger charge is 2.35. The second-order valence-electron chi connectivity index (χ2n) is 8.62. The fraction of sp³-hybridized carbons (Fsp3) is 0.550. The Morgan fingerprint density at radius 1 is 1.27 bits per heavy atom. The Balaban J connectivity index is 1.72. The van der Waals surface area contributed by atoms with E-state index in [1.807, 2.05) is 13.0 Å². The lowest BCUT2D eigenvalue weighted by atomic mass is 9.91. The number of primary amides is 1. The number of amides is 2. The molecule has 1 aliphatic carbocycles. The molecular formula is C20H29N7O3. The third-order valence-corrected chi connectivity index (χ3v) is 6.49. The molecule has 4 rings (SSSR count). The molecule has 10 heteroatoms. The van der Waals surface area contributed by atoms with E-state index >= 15 is 0 Å². The van der Waals surface area contributed by atoms with Crippen LogP contribution >= 0.6 is 0 Å². The van der Waals surface area contributed by atoms with E-state index in [1.165, 1.54) is 0 Å². The fourth-order valence-corrected chi connectivity index (χ4v) is 4.73. The number of nitrogens with one attached hydrogen (secondary N) is 1. The SMILES string of the molecule is Cc1c(N2C[C@H]([C@@H](N)CNC(N)=O)[C@@H](C)C2)ccc2c(=O)n(N)c(=O)n(C3CC3)c12. The molecule has 1 aromatic carbocycles. The summed E-state index contributed by atoms with van der Waals surface area (Å²) < 4.78 is 2.38. The summed E-state index contributed by atoms with van der Waals surface area (Å²) in [6, 6.07) is 2.97. The molecule has 2 heterocycles. The Hall–Kier alpha value is -3.01. The van der Waals surface area contributed by atoms with Crippen LogP contribution < -0.4 is 38.8 Å². The maximum Gasteiger partial charge on any atom is 0.350 e. The van der Waals surface area contributed by atoms with E-state index in [0.717, 1.165) is 37.2 Å². The summed E-state index contributed by atoms with van der Waals surface area (Å²) in [4.78, 5) is 38.6. The van der Waals surface area contributed by atoms with Gasteiger partial charge in [-0.15, -0.1) is 0 Å². The van der Waals surface area contributed by atoms with Gasteiger partial charge in [0.05, 0.1) is 10.9 Å². The van der Waals surface area contributed by atoms with Gasteiger partial charge in [-0.1, -0.05) is 6.92 Å². The molecule has 3 atom stereocenters. The van der Waals surface area contributed by atoms with Crippen molar-refractivity contribution < 1.29 is 4.79 Å². The number of urea groups is 1. The number of carbonyl (C=O) groups excluding carboxylic acids is 1. The van der Waals surface area contributed by atoms with Crippen molar-refractivity contribution in [2.75, 3.05) is 30.4 Å². The Morgan fingerprint density at radius 3 is 2.60 bits per heavy atom. The number of nitrogens with zero attached hydrogens (tertiary/aromatic N) is 3. The molecule has 2 aliphatic rings. The van der Waals surface area contributed by atoms with Crippen molar-refractivity contribution >= 4 is 22.6 Å². The molecule has 30 heavy (non-hydrogen) atoms. The Kier molecular flexibility index (Phi) is 4.97. The number of anilines is 1. The minimum absolute atomic E-state index is 0.0860. The van der Waals surface area contributed by atoms with Gasteiger partial charge in [0.2, 0.25) is 0 Å². The van der Waals surface area contributed by atoms with Crippen molar-refractivity contribution in [1.82, 2.24) is 14.6 Å². The lowest BCUT2D eigenvalue weighted by Gasteiger charge is -2.25. The zero-order valence-corrected chi connectivity index (χ0v) is 17.3. The van der Waals surface area contributed by atoms with Crippen LogP contribution in [0.2, 0.25) is 0 Å². The normalized spacial score (nSPS) is 22.4. The van der Waals surface area contributed by atoms with Crippen LogP contribution in [0.25, 0.3) is 10.9 Å². The van der Waals surface area contributed by atoms with Crippen molar-refractivity contribution in [3.8, 4) is 0 Å². The number of carbonyl (C=O) groups is 1. The first-order valence-electron chi connectivity index (χ1n) is 10.3. The van der Waals surface area contributed by atoms with Gasteiger partial charge in [-0.25, -0.2) is 9.59 Å². The van der Waals surface area contributed by atoms with E-state index < -0.39 is 17.3 Å². The molecule has 0 unspecified atom stereocenters. The van der Waals surface area contributed by atoms with E-state index in [0.29, 0.717) is 28.0 Å². The monoisotopic (exact) mass is 415 g/mol. The molecule has 2 amide bonds. The molecule has 0 radical (unpaired) electrons. The lowest BCUT2D eigenvalue weighted by molar-refractivity contribution is 0.246. The quantitative estimate of drug-likeness (QED) is 0.487. The molecule has 10 nitrogen and oxygen atoms in total. The number of fused-ring (bicyclic) bond motifs is 1. The summed E-state index contributed by atoms with van der Waals surface area (Å²) in [6.45, 7) is 5.92. The van der Waals surface area contributed by atoms with Gasteiger partial charge >= 0.3 is 11.7 Å². The number of rotatable bonds is 5. The van der Waals surface area contributed by atoms with Crippen LogP contribution in [0.5, 0.6) is 0 Å². The first-order chi connectivity index (χ1) is 14.2. The van der Waals surface area contributed by atoms with Crippen LogP contribution in [0, 0.1) is 18.8 Å². The molecule has 162 valence electrons. The number of aryl methyl sites for hydroxylation is 1. The zero-order chi connectivity index (χ0) is 21.7. The summed E-state index contributed by atoms with van der Waals surface area (Å²) >= 11 is 0. The fourth-order valence-electron chi connectivity index (χ4n) is 4.73. The van der Waals surface area contributed by atoms with Crippen LogP contribution in [0.15, 0.2) is 21.7 Å². The molecule has 2 aromatic rings. The second-order valence-corrected chi connectivity index (χ2v) is 8.62. The van der Waals surface area contributed by atoms with E-state index in [9.17, 15) is 14.4 Å². The van der Waals surface area contributed by atoms with E-state index in [4.69, 9.17) is 17.3 Å². The summed E-state index contributed by atoms with van der Waals surface area (Å²) in [5, 5.41) is 3.04. The van der Waals surface area contributed by atoms with Gasteiger partial charge in [-0.3, -0.25) is 9.36 Å². The zero-order valence-electron chi connectivity index (χ0n) is 17.3. The number of nitrogens with two attached hydrogens (primary N) is 3. The van der Waals surface area contributed by atoms with Gasteiger partial charge in [-0.05, 0) is 49.3 Å². The number of benzene rings is 1. The Bertz CT molecular complexity index is 1120. The van der Waals surface area contributed by atoms with Crippen LogP contribution in [0.3, 0.4) is 0 Å². The summed E-state index contributed by atoms with van der Waals surface area (Å²) in [6.07, 6.45) is 1.81. The van der Waals surface area contributed by atoms with E-state index in [1.54, 1.807) is 10.6 Å². The molecule has 1 aliphatic heterocycles. The van der Waals surface area contributed by atoms with Crippen molar-refractivity contribution in [3.05, 3.63) is 38.5 Å².